The number of aromatic nitrogens is 2. The highest BCUT2D eigenvalue weighted by Crippen LogP contribution is 2.33. The maximum absolute atomic E-state index is 14.5. The molecule has 1 fully saturated rings. The van der Waals surface area contributed by atoms with Crippen LogP contribution in [0.3, 0.4) is 0 Å². The summed E-state index contributed by atoms with van der Waals surface area (Å²) in [5, 5.41) is 1.05. The van der Waals surface area contributed by atoms with Crippen molar-refractivity contribution < 1.29 is 9.18 Å². The minimum absolute atomic E-state index is 0.134. The minimum atomic E-state index is -0.264. The first kappa shape index (κ1) is 23.0. The average molecular weight is 497 g/mol. The van der Waals surface area contributed by atoms with E-state index < -0.39 is 0 Å². The molecule has 8 heteroatoms. The van der Waals surface area contributed by atoms with Crippen LogP contribution >= 0.6 is 22.9 Å². The molecule has 1 aromatic carbocycles. The van der Waals surface area contributed by atoms with Gasteiger partial charge in [-0.15, -0.1) is 11.3 Å². The molecular formula is C26H26ClFN4OS. The Bertz CT molecular complexity index is 1320. The van der Waals surface area contributed by atoms with Crippen LogP contribution in [0.25, 0.3) is 21.3 Å². The highest BCUT2D eigenvalue weighted by Gasteiger charge is 2.34. The van der Waals surface area contributed by atoms with Gasteiger partial charge in [-0.2, -0.15) is 0 Å². The molecule has 0 bridgehead atoms. The number of nitrogens with one attached hydrogen (secondary N) is 1. The van der Waals surface area contributed by atoms with Gasteiger partial charge in [-0.25, -0.2) is 4.39 Å². The molecule has 34 heavy (non-hydrogen) atoms. The van der Waals surface area contributed by atoms with Crippen molar-refractivity contribution >= 4 is 39.7 Å². The summed E-state index contributed by atoms with van der Waals surface area (Å²) in [6.45, 7) is 4.60. The molecule has 176 valence electrons. The largest absolute Gasteiger partial charge is 0.361 e. The van der Waals surface area contributed by atoms with Crippen LogP contribution in [0, 0.1) is 5.82 Å². The number of aromatic amines is 1. The molecule has 4 heterocycles. The van der Waals surface area contributed by atoms with Crippen molar-refractivity contribution in [2.75, 3.05) is 13.1 Å². The molecular weight excluding hydrogens is 471 g/mol. The van der Waals surface area contributed by atoms with Gasteiger partial charge in [0, 0.05) is 53.4 Å². The number of fused-ring (bicyclic) bond motifs is 1. The Kier molecular flexibility index (Phi) is 6.68. The summed E-state index contributed by atoms with van der Waals surface area (Å²) in [4.78, 5) is 26.2. The minimum Gasteiger partial charge on any atom is -0.361 e. The van der Waals surface area contributed by atoms with Gasteiger partial charge in [0.1, 0.15) is 5.82 Å². The number of carbonyl (C=O) groups excluding carboxylic acids is 1. The van der Waals surface area contributed by atoms with Crippen LogP contribution in [-0.4, -0.2) is 44.8 Å². The summed E-state index contributed by atoms with van der Waals surface area (Å²) >= 11 is 7.43. The van der Waals surface area contributed by atoms with E-state index in [1.54, 1.807) is 12.3 Å². The van der Waals surface area contributed by atoms with Crippen LogP contribution < -0.4 is 0 Å². The van der Waals surface area contributed by atoms with Gasteiger partial charge in [0.25, 0.3) is 0 Å². The molecule has 1 atom stereocenters. The van der Waals surface area contributed by atoms with Gasteiger partial charge in [-0.05, 0) is 48.4 Å². The van der Waals surface area contributed by atoms with E-state index in [-0.39, 0.29) is 17.8 Å². The van der Waals surface area contributed by atoms with Crippen LogP contribution in [0.15, 0.2) is 54.9 Å². The smallest absolute Gasteiger partial charge is 0.240 e. The number of nitrogens with zero attached hydrogens (tertiary/aromatic N) is 3. The molecule has 0 spiro atoms. The zero-order chi connectivity index (χ0) is 23.7. The summed E-state index contributed by atoms with van der Waals surface area (Å²) in [7, 11) is 0. The van der Waals surface area contributed by atoms with Gasteiger partial charge in [0.2, 0.25) is 5.91 Å². The molecule has 0 radical (unpaired) electrons. The lowest BCUT2D eigenvalue weighted by molar-refractivity contribution is -0.143. The van der Waals surface area contributed by atoms with E-state index in [1.807, 2.05) is 41.4 Å². The van der Waals surface area contributed by atoms with E-state index in [2.05, 4.69) is 21.8 Å². The number of hydrogen-bond acceptors (Lipinski definition) is 4. The zero-order valence-electron chi connectivity index (χ0n) is 18.9. The predicted octanol–water partition coefficient (Wildman–Crippen LogP) is 6.10. The third kappa shape index (κ3) is 4.60. The summed E-state index contributed by atoms with van der Waals surface area (Å²) in [5.74, 6) is -0.130. The maximum atomic E-state index is 14.5. The number of pyridine rings is 1. The Balaban J connectivity index is 1.35. The van der Waals surface area contributed by atoms with Crippen LogP contribution in [0.1, 0.15) is 31.0 Å². The lowest BCUT2D eigenvalue weighted by Crippen LogP contribution is -2.56. The summed E-state index contributed by atoms with van der Waals surface area (Å²) in [6.07, 6.45) is 5.38. The fourth-order valence-electron chi connectivity index (χ4n) is 4.71. The number of hydrogen-bond donors (Lipinski definition) is 1. The number of rotatable bonds is 7. The Morgan fingerprint density at radius 1 is 1.18 bits per heavy atom. The van der Waals surface area contributed by atoms with Crippen molar-refractivity contribution in [1.82, 2.24) is 19.8 Å². The average Bonchev–Trinajstić information content (AvgIpc) is 3.49. The fourth-order valence-corrected chi connectivity index (χ4v) is 5.77. The fraction of sp³-hybridized carbons (Fsp3) is 0.308. The second kappa shape index (κ2) is 9.86. The Labute approximate surface area is 207 Å². The normalized spacial score (nSPS) is 17.1. The topological polar surface area (TPSA) is 52.2 Å². The lowest BCUT2D eigenvalue weighted by atomic mass is 10.0. The van der Waals surface area contributed by atoms with Crippen LogP contribution in [-0.2, 0) is 17.9 Å². The Hall–Kier alpha value is -2.74. The van der Waals surface area contributed by atoms with E-state index >= 15 is 0 Å². The third-order valence-electron chi connectivity index (χ3n) is 6.41. The SMILES string of the molecule is CCC[C@H]1C(=O)N(Cc2nccc3[nH]ccc23)CCN1Cc1ccc(F)c(-c2ccc(Cl)s2)c1. The Morgan fingerprint density at radius 2 is 2.06 bits per heavy atom. The first-order chi connectivity index (χ1) is 16.5. The predicted molar refractivity (Wildman–Crippen MR) is 135 cm³/mol. The van der Waals surface area contributed by atoms with Gasteiger partial charge in [0.05, 0.1) is 22.6 Å². The van der Waals surface area contributed by atoms with Crippen molar-refractivity contribution in [3.05, 3.63) is 76.3 Å². The van der Waals surface area contributed by atoms with E-state index in [0.717, 1.165) is 46.4 Å². The van der Waals surface area contributed by atoms with Crippen molar-refractivity contribution in [3.8, 4) is 10.4 Å². The molecule has 5 nitrogen and oxygen atoms in total. The molecule has 0 aliphatic carbocycles. The number of amides is 1. The van der Waals surface area contributed by atoms with E-state index in [0.29, 0.717) is 29.5 Å². The standard InChI is InChI=1S/C26H26ClFN4OS/c1-2-3-23-26(33)32(16-22-18-8-10-29-21(18)9-11-30-22)13-12-31(23)15-17-4-5-20(28)19(14-17)24-6-7-25(27)34-24/h4-11,14,23,29H,2-3,12-13,15-16H2,1H3/t23-/m0/s1. The van der Waals surface area contributed by atoms with Crippen LogP contribution in [0.4, 0.5) is 4.39 Å². The molecule has 4 aromatic rings. The van der Waals surface area contributed by atoms with Gasteiger partial charge >= 0.3 is 0 Å². The summed E-state index contributed by atoms with van der Waals surface area (Å²) < 4.78 is 15.2. The molecule has 1 amide bonds. The summed E-state index contributed by atoms with van der Waals surface area (Å²) in [5.41, 5.74) is 3.48. The highest BCUT2D eigenvalue weighted by molar-refractivity contribution is 7.19. The first-order valence-corrected chi connectivity index (χ1v) is 12.7. The van der Waals surface area contributed by atoms with Gasteiger partial charge in [-0.3, -0.25) is 14.7 Å². The quantitative estimate of drug-likeness (QED) is 0.336. The van der Waals surface area contributed by atoms with Gasteiger partial charge < -0.3 is 9.88 Å². The van der Waals surface area contributed by atoms with Crippen molar-refractivity contribution in [2.24, 2.45) is 0 Å². The van der Waals surface area contributed by atoms with Crippen molar-refractivity contribution in [3.63, 3.8) is 0 Å². The molecule has 1 aliphatic heterocycles. The second-order valence-corrected chi connectivity index (χ2v) is 10.4. The van der Waals surface area contributed by atoms with Crippen LogP contribution in [0.2, 0.25) is 4.34 Å². The highest BCUT2D eigenvalue weighted by atomic mass is 35.5. The molecule has 1 aliphatic rings. The lowest BCUT2D eigenvalue weighted by Gasteiger charge is -2.40. The number of piperazine rings is 1. The van der Waals surface area contributed by atoms with Crippen molar-refractivity contribution in [1.29, 1.82) is 0 Å². The number of halogens is 2. The summed E-state index contributed by atoms with van der Waals surface area (Å²) in [6, 6.07) is 12.6. The zero-order valence-corrected chi connectivity index (χ0v) is 20.5. The molecule has 1 N–H and O–H groups in total. The number of benzene rings is 1. The molecule has 0 saturated carbocycles. The number of H-pyrrole nitrogens is 1. The Morgan fingerprint density at radius 3 is 2.85 bits per heavy atom. The second-order valence-electron chi connectivity index (χ2n) is 8.65. The molecule has 3 aromatic heterocycles. The number of carbonyl (C=O) groups is 1. The maximum Gasteiger partial charge on any atom is 0.240 e. The third-order valence-corrected chi connectivity index (χ3v) is 7.68. The molecule has 0 unspecified atom stereocenters. The van der Waals surface area contributed by atoms with E-state index in [1.165, 1.54) is 17.4 Å². The van der Waals surface area contributed by atoms with Gasteiger partial charge in [0.15, 0.2) is 0 Å². The van der Waals surface area contributed by atoms with E-state index in [4.69, 9.17) is 11.6 Å². The molecule has 1 saturated heterocycles. The molecule has 5 rings (SSSR count). The monoisotopic (exact) mass is 496 g/mol. The van der Waals surface area contributed by atoms with Crippen molar-refractivity contribution in [2.45, 2.75) is 38.9 Å². The first-order valence-electron chi connectivity index (χ1n) is 11.5. The van der Waals surface area contributed by atoms with Crippen LogP contribution in [0.5, 0.6) is 0 Å². The van der Waals surface area contributed by atoms with Gasteiger partial charge in [-0.1, -0.05) is 31.0 Å². The van der Waals surface area contributed by atoms with E-state index in [9.17, 15) is 9.18 Å². The number of thiophene rings is 1.